The van der Waals surface area contributed by atoms with Crippen LogP contribution in [0.5, 0.6) is 0 Å². The quantitative estimate of drug-likeness (QED) is 0.537. The fourth-order valence-electron chi connectivity index (χ4n) is 0.735. The first-order valence-corrected chi connectivity index (χ1v) is 4.06. The van der Waals surface area contributed by atoms with E-state index in [-0.39, 0.29) is 0 Å². The molecule has 0 aliphatic carbocycles. The van der Waals surface area contributed by atoms with Crippen molar-refractivity contribution in [1.29, 1.82) is 0 Å². The van der Waals surface area contributed by atoms with E-state index in [1.165, 1.54) is 0 Å². The lowest BCUT2D eigenvalue weighted by molar-refractivity contribution is 1.44. The zero-order chi connectivity index (χ0) is 7.56. The van der Waals surface area contributed by atoms with Crippen molar-refractivity contribution in [3.05, 3.63) is 23.8 Å². The van der Waals surface area contributed by atoms with Gasteiger partial charge in [0.05, 0.1) is 0 Å². The molecule has 10 heavy (non-hydrogen) atoms. The maximum Gasteiger partial charge on any atom is 0.0375 e. The van der Waals surface area contributed by atoms with Gasteiger partial charge in [-0.3, -0.25) is 0 Å². The number of rotatable bonds is 1. The zero-order valence-electron chi connectivity index (χ0n) is 5.47. The van der Waals surface area contributed by atoms with Crippen molar-refractivity contribution in [3.8, 4) is 0 Å². The van der Waals surface area contributed by atoms with E-state index in [2.05, 4.69) is 15.9 Å². The molecule has 0 spiro atoms. The maximum atomic E-state index is 5.62. The number of nitrogens with two attached hydrogens (primary N) is 2. The summed E-state index contributed by atoms with van der Waals surface area (Å²) in [6.45, 7) is 0. The maximum absolute atomic E-state index is 5.62. The second kappa shape index (κ2) is 2.92. The van der Waals surface area contributed by atoms with E-state index >= 15 is 0 Å². The number of nitrogen functional groups attached to an aromatic ring is 2. The van der Waals surface area contributed by atoms with E-state index in [0.29, 0.717) is 5.69 Å². The standard InChI is InChI=1S/C7H9BrN2/c8-4-5-1-2-6(9)3-7(5)10/h1-3H,4,9-10H2. The smallest absolute Gasteiger partial charge is 0.0375 e. The third-order valence-electron chi connectivity index (χ3n) is 1.31. The molecular formula is C7H9BrN2. The van der Waals surface area contributed by atoms with Crippen molar-refractivity contribution in [1.82, 2.24) is 0 Å². The number of hydrogen-bond acceptors (Lipinski definition) is 2. The molecule has 0 bridgehead atoms. The van der Waals surface area contributed by atoms with E-state index < -0.39 is 0 Å². The molecule has 0 atom stereocenters. The molecule has 3 heteroatoms. The highest BCUT2D eigenvalue weighted by atomic mass is 79.9. The van der Waals surface area contributed by atoms with Crippen molar-refractivity contribution < 1.29 is 0 Å². The second-order valence-electron chi connectivity index (χ2n) is 2.09. The highest BCUT2D eigenvalue weighted by Gasteiger charge is 1.95. The first-order chi connectivity index (χ1) is 4.74. The Morgan fingerprint density at radius 3 is 2.50 bits per heavy atom. The Labute approximate surface area is 68.3 Å². The Kier molecular flexibility index (Phi) is 2.17. The Hall–Kier alpha value is -0.700. The number of hydrogen-bond donors (Lipinski definition) is 2. The number of halogens is 1. The van der Waals surface area contributed by atoms with Gasteiger partial charge in [-0.1, -0.05) is 22.0 Å². The number of anilines is 2. The van der Waals surface area contributed by atoms with Crippen molar-refractivity contribution in [3.63, 3.8) is 0 Å². The van der Waals surface area contributed by atoms with Gasteiger partial charge in [-0.2, -0.15) is 0 Å². The molecule has 4 N–H and O–H groups in total. The third kappa shape index (κ3) is 1.42. The summed E-state index contributed by atoms with van der Waals surface area (Å²) in [5.74, 6) is 0. The molecule has 0 saturated carbocycles. The predicted octanol–water partition coefficient (Wildman–Crippen LogP) is 1.75. The molecular weight excluding hydrogens is 192 g/mol. The summed E-state index contributed by atoms with van der Waals surface area (Å²) in [4.78, 5) is 0. The number of alkyl halides is 1. The Balaban J connectivity index is 3.07. The summed E-state index contributed by atoms with van der Waals surface area (Å²) in [5, 5.41) is 0.777. The molecule has 0 fully saturated rings. The van der Waals surface area contributed by atoms with Crippen LogP contribution in [-0.4, -0.2) is 0 Å². The van der Waals surface area contributed by atoms with E-state index in [9.17, 15) is 0 Å². The number of benzene rings is 1. The van der Waals surface area contributed by atoms with Crippen LogP contribution in [0.4, 0.5) is 11.4 Å². The van der Waals surface area contributed by atoms with Gasteiger partial charge in [-0.05, 0) is 17.7 Å². The van der Waals surface area contributed by atoms with E-state index in [0.717, 1.165) is 16.6 Å². The van der Waals surface area contributed by atoms with Gasteiger partial charge >= 0.3 is 0 Å². The van der Waals surface area contributed by atoms with Gasteiger partial charge in [0, 0.05) is 16.7 Å². The SMILES string of the molecule is Nc1ccc(CBr)c(N)c1. The normalized spacial score (nSPS) is 9.70. The summed E-state index contributed by atoms with van der Waals surface area (Å²) < 4.78 is 0. The molecule has 0 unspecified atom stereocenters. The van der Waals surface area contributed by atoms with Crippen molar-refractivity contribution in [2.24, 2.45) is 0 Å². The van der Waals surface area contributed by atoms with Crippen LogP contribution in [0.2, 0.25) is 0 Å². The van der Waals surface area contributed by atoms with Crippen LogP contribution < -0.4 is 11.5 Å². The first-order valence-electron chi connectivity index (χ1n) is 2.94. The highest BCUT2D eigenvalue weighted by Crippen LogP contribution is 2.17. The molecule has 1 aromatic rings. The Bertz CT molecular complexity index is 235. The Morgan fingerprint density at radius 1 is 1.30 bits per heavy atom. The lowest BCUT2D eigenvalue weighted by atomic mass is 10.2. The van der Waals surface area contributed by atoms with Crippen molar-refractivity contribution in [2.75, 3.05) is 11.5 Å². The van der Waals surface area contributed by atoms with E-state index in [1.807, 2.05) is 12.1 Å². The lowest BCUT2D eigenvalue weighted by Crippen LogP contribution is -1.93. The fraction of sp³-hybridized carbons (Fsp3) is 0.143. The lowest BCUT2D eigenvalue weighted by Gasteiger charge is -2.01. The molecule has 1 aromatic carbocycles. The van der Waals surface area contributed by atoms with Gasteiger partial charge in [0.25, 0.3) is 0 Å². The molecule has 1 rings (SSSR count). The molecule has 0 aliphatic rings. The van der Waals surface area contributed by atoms with E-state index in [1.54, 1.807) is 6.07 Å². The average Bonchev–Trinajstić information content (AvgIpc) is 1.88. The Morgan fingerprint density at radius 2 is 2.00 bits per heavy atom. The second-order valence-corrected chi connectivity index (χ2v) is 2.65. The summed E-state index contributed by atoms with van der Waals surface area (Å²) in [6.07, 6.45) is 0. The highest BCUT2D eigenvalue weighted by molar-refractivity contribution is 9.08. The van der Waals surface area contributed by atoms with Gasteiger partial charge in [-0.25, -0.2) is 0 Å². The molecule has 0 saturated heterocycles. The van der Waals surface area contributed by atoms with Crippen molar-refractivity contribution in [2.45, 2.75) is 5.33 Å². The first kappa shape index (κ1) is 7.41. The molecule has 0 aliphatic heterocycles. The molecule has 0 amide bonds. The van der Waals surface area contributed by atoms with Crippen LogP contribution in [0.15, 0.2) is 18.2 Å². The van der Waals surface area contributed by atoms with Crippen molar-refractivity contribution >= 4 is 27.3 Å². The van der Waals surface area contributed by atoms with Crippen LogP contribution in [-0.2, 0) is 5.33 Å². The van der Waals surface area contributed by atoms with Crippen LogP contribution in [0.3, 0.4) is 0 Å². The summed E-state index contributed by atoms with van der Waals surface area (Å²) in [6, 6.07) is 5.52. The predicted molar refractivity (Wildman–Crippen MR) is 47.9 cm³/mol. The molecule has 0 aromatic heterocycles. The molecule has 0 heterocycles. The molecule has 0 radical (unpaired) electrons. The largest absolute Gasteiger partial charge is 0.399 e. The monoisotopic (exact) mass is 200 g/mol. The summed E-state index contributed by atoms with van der Waals surface area (Å²) >= 11 is 3.31. The van der Waals surface area contributed by atoms with Crippen LogP contribution in [0, 0.1) is 0 Å². The van der Waals surface area contributed by atoms with Gasteiger partial charge in [0.2, 0.25) is 0 Å². The minimum Gasteiger partial charge on any atom is -0.399 e. The van der Waals surface area contributed by atoms with Crippen LogP contribution in [0.25, 0.3) is 0 Å². The molecule has 54 valence electrons. The summed E-state index contributed by atoms with van der Waals surface area (Å²) in [5.41, 5.74) is 13.6. The summed E-state index contributed by atoms with van der Waals surface area (Å²) in [7, 11) is 0. The minimum absolute atomic E-state index is 0.710. The molecule has 2 nitrogen and oxygen atoms in total. The topological polar surface area (TPSA) is 52.0 Å². The van der Waals surface area contributed by atoms with Gasteiger partial charge < -0.3 is 11.5 Å². The van der Waals surface area contributed by atoms with Gasteiger partial charge in [0.15, 0.2) is 0 Å². The van der Waals surface area contributed by atoms with E-state index in [4.69, 9.17) is 11.5 Å². The van der Waals surface area contributed by atoms with Crippen LogP contribution in [0.1, 0.15) is 5.56 Å². The fourth-order valence-corrected chi connectivity index (χ4v) is 1.25. The minimum atomic E-state index is 0.710. The zero-order valence-corrected chi connectivity index (χ0v) is 7.06. The van der Waals surface area contributed by atoms with Gasteiger partial charge in [-0.15, -0.1) is 0 Å². The van der Waals surface area contributed by atoms with Gasteiger partial charge in [0.1, 0.15) is 0 Å². The third-order valence-corrected chi connectivity index (χ3v) is 1.92. The van der Waals surface area contributed by atoms with Crippen LogP contribution >= 0.6 is 15.9 Å². The average molecular weight is 201 g/mol.